The summed E-state index contributed by atoms with van der Waals surface area (Å²) in [5, 5.41) is 3.15. The summed E-state index contributed by atoms with van der Waals surface area (Å²) in [6.45, 7) is 0.692. The monoisotopic (exact) mass is 349 g/mol. The van der Waals surface area contributed by atoms with Gasteiger partial charge in [0.25, 0.3) is 0 Å². The summed E-state index contributed by atoms with van der Waals surface area (Å²) in [4.78, 5) is 12.6. The summed E-state index contributed by atoms with van der Waals surface area (Å²) in [6.07, 6.45) is 8.14. The van der Waals surface area contributed by atoms with E-state index in [4.69, 9.17) is 4.74 Å². The van der Waals surface area contributed by atoms with Crippen molar-refractivity contribution in [2.45, 2.75) is 68.9 Å². The molecule has 3 aliphatic rings. The number of hydrogen-bond donors (Lipinski definition) is 1. The van der Waals surface area contributed by atoms with Crippen LogP contribution in [0.15, 0.2) is 18.2 Å². The highest BCUT2D eigenvalue weighted by atomic mass is 19.2. The van der Waals surface area contributed by atoms with Crippen molar-refractivity contribution in [1.82, 2.24) is 5.32 Å². The first kappa shape index (κ1) is 17.0. The molecule has 0 radical (unpaired) electrons. The lowest BCUT2D eigenvalue weighted by Gasteiger charge is -2.43. The van der Waals surface area contributed by atoms with Crippen molar-refractivity contribution in [2.24, 2.45) is 5.92 Å². The molecule has 136 valence electrons. The van der Waals surface area contributed by atoms with Gasteiger partial charge in [-0.05, 0) is 49.7 Å². The van der Waals surface area contributed by atoms with Gasteiger partial charge >= 0.3 is 0 Å². The van der Waals surface area contributed by atoms with E-state index >= 15 is 0 Å². The predicted octanol–water partition coefficient (Wildman–Crippen LogP) is 4.07. The zero-order chi connectivity index (χ0) is 17.4. The van der Waals surface area contributed by atoms with Gasteiger partial charge in [0, 0.05) is 18.6 Å². The zero-order valence-corrected chi connectivity index (χ0v) is 14.4. The number of hydrogen-bond acceptors (Lipinski definition) is 2. The number of ether oxygens (including phenoxy) is 1. The minimum absolute atomic E-state index is 0.0217. The lowest BCUT2D eigenvalue weighted by atomic mass is 9.78. The van der Waals surface area contributed by atoms with Crippen molar-refractivity contribution in [1.29, 1.82) is 0 Å². The molecule has 2 saturated carbocycles. The molecule has 0 aromatic heterocycles. The number of halogens is 2. The molecule has 1 saturated heterocycles. The normalized spacial score (nSPS) is 30.9. The largest absolute Gasteiger partial charge is 0.375 e. The molecule has 3 nitrogen and oxygen atoms in total. The molecule has 1 N–H and O–H groups in total. The van der Waals surface area contributed by atoms with Crippen molar-refractivity contribution in [3.63, 3.8) is 0 Å². The third-order valence-corrected chi connectivity index (χ3v) is 6.11. The Labute approximate surface area is 147 Å². The number of benzene rings is 1. The lowest BCUT2D eigenvalue weighted by Crippen LogP contribution is -2.49. The molecule has 1 spiro atoms. The molecule has 1 heterocycles. The molecule has 1 aromatic rings. The van der Waals surface area contributed by atoms with Crippen LogP contribution in [0.5, 0.6) is 0 Å². The van der Waals surface area contributed by atoms with Crippen LogP contribution in [0.1, 0.15) is 62.8 Å². The van der Waals surface area contributed by atoms with Gasteiger partial charge in [0.15, 0.2) is 11.6 Å². The predicted molar refractivity (Wildman–Crippen MR) is 90.1 cm³/mol. The molecule has 1 aliphatic heterocycles. The van der Waals surface area contributed by atoms with E-state index in [0.29, 0.717) is 18.6 Å². The first-order chi connectivity index (χ1) is 12.1. The van der Waals surface area contributed by atoms with Gasteiger partial charge in [0.05, 0.1) is 5.60 Å². The summed E-state index contributed by atoms with van der Waals surface area (Å²) in [6, 6.07) is 4.34. The second-order valence-electron chi connectivity index (χ2n) is 7.88. The molecule has 5 heteroatoms. The smallest absolute Gasteiger partial charge is 0.223 e. The first-order valence-electron chi connectivity index (χ1n) is 9.46. The molecule has 1 aromatic carbocycles. The van der Waals surface area contributed by atoms with Gasteiger partial charge < -0.3 is 10.1 Å². The van der Waals surface area contributed by atoms with Crippen molar-refractivity contribution in [2.75, 3.05) is 6.61 Å². The highest BCUT2D eigenvalue weighted by molar-refractivity contribution is 5.83. The van der Waals surface area contributed by atoms with Gasteiger partial charge in [-0.2, -0.15) is 0 Å². The molecule has 4 rings (SSSR count). The fourth-order valence-electron chi connectivity index (χ4n) is 4.64. The van der Waals surface area contributed by atoms with Crippen molar-refractivity contribution >= 4 is 5.91 Å². The van der Waals surface area contributed by atoms with Crippen LogP contribution in [0.4, 0.5) is 8.78 Å². The Kier molecular flexibility index (Phi) is 4.52. The Morgan fingerprint density at radius 3 is 2.80 bits per heavy atom. The average molecular weight is 349 g/mol. The van der Waals surface area contributed by atoms with Gasteiger partial charge in [0.2, 0.25) is 5.91 Å². The summed E-state index contributed by atoms with van der Waals surface area (Å²) in [7, 11) is 0. The zero-order valence-electron chi connectivity index (χ0n) is 14.4. The van der Waals surface area contributed by atoms with E-state index in [-0.39, 0.29) is 29.4 Å². The Morgan fingerprint density at radius 1 is 1.20 bits per heavy atom. The summed E-state index contributed by atoms with van der Waals surface area (Å²) in [5.74, 6) is -2.10. The van der Waals surface area contributed by atoms with E-state index in [1.165, 1.54) is 25.3 Å². The number of amides is 1. The highest BCUT2D eigenvalue weighted by Crippen LogP contribution is 2.49. The first-order valence-corrected chi connectivity index (χ1v) is 9.46. The minimum Gasteiger partial charge on any atom is -0.375 e. The van der Waals surface area contributed by atoms with Crippen LogP contribution < -0.4 is 5.32 Å². The molecule has 3 fully saturated rings. The average Bonchev–Trinajstić information content (AvgIpc) is 3.39. The quantitative estimate of drug-likeness (QED) is 0.893. The Morgan fingerprint density at radius 2 is 2.00 bits per heavy atom. The van der Waals surface area contributed by atoms with Gasteiger partial charge in [-0.1, -0.05) is 31.4 Å². The van der Waals surface area contributed by atoms with E-state index in [1.54, 1.807) is 6.07 Å². The Hall–Kier alpha value is -1.49. The van der Waals surface area contributed by atoms with Crippen LogP contribution in [-0.4, -0.2) is 24.2 Å². The third kappa shape index (κ3) is 3.43. The SMILES string of the molecule is O=C(NC1CCOC2(CCCCC2)C1)C1CC1c1cccc(F)c1F. The maximum absolute atomic E-state index is 13.9. The molecular formula is C20H25F2NO2. The molecule has 1 amide bonds. The number of nitrogens with one attached hydrogen (secondary N) is 1. The van der Waals surface area contributed by atoms with Gasteiger partial charge in [-0.25, -0.2) is 8.78 Å². The van der Waals surface area contributed by atoms with Crippen LogP contribution in [0.2, 0.25) is 0 Å². The van der Waals surface area contributed by atoms with E-state index in [0.717, 1.165) is 31.7 Å². The maximum atomic E-state index is 13.9. The number of carbonyl (C=O) groups excluding carboxylic acids is 1. The second-order valence-corrected chi connectivity index (χ2v) is 7.88. The highest BCUT2D eigenvalue weighted by Gasteiger charge is 2.47. The molecule has 3 unspecified atom stereocenters. The summed E-state index contributed by atoms with van der Waals surface area (Å²) in [5.41, 5.74) is 0.280. The van der Waals surface area contributed by atoms with E-state index in [1.807, 2.05) is 0 Å². The van der Waals surface area contributed by atoms with Crippen LogP contribution in [-0.2, 0) is 9.53 Å². The molecule has 3 atom stereocenters. The summed E-state index contributed by atoms with van der Waals surface area (Å²) >= 11 is 0. The minimum atomic E-state index is -0.841. The molecule has 2 aliphatic carbocycles. The van der Waals surface area contributed by atoms with Gasteiger partial charge in [-0.15, -0.1) is 0 Å². The fraction of sp³-hybridized carbons (Fsp3) is 0.650. The second kappa shape index (κ2) is 6.67. The lowest BCUT2D eigenvalue weighted by molar-refractivity contribution is -0.129. The van der Waals surface area contributed by atoms with E-state index in [9.17, 15) is 13.6 Å². The number of carbonyl (C=O) groups is 1. The molecular weight excluding hydrogens is 324 g/mol. The maximum Gasteiger partial charge on any atom is 0.223 e. The number of rotatable bonds is 3. The Bertz CT molecular complexity index is 652. The third-order valence-electron chi connectivity index (χ3n) is 6.11. The van der Waals surface area contributed by atoms with Crippen LogP contribution in [0.25, 0.3) is 0 Å². The van der Waals surface area contributed by atoms with Crippen molar-refractivity contribution in [3.05, 3.63) is 35.4 Å². The molecule has 0 bridgehead atoms. The fourth-order valence-corrected chi connectivity index (χ4v) is 4.64. The van der Waals surface area contributed by atoms with Crippen LogP contribution in [0, 0.1) is 17.6 Å². The topological polar surface area (TPSA) is 38.3 Å². The van der Waals surface area contributed by atoms with Crippen LogP contribution in [0.3, 0.4) is 0 Å². The standard InChI is InChI=1S/C20H25F2NO2/c21-17-6-4-5-14(18(17)22)15-11-16(15)19(24)23-13-7-10-25-20(12-13)8-2-1-3-9-20/h4-6,13,15-16H,1-3,7-12H2,(H,23,24). The van der Waals surface area contributed by atoms with Crippen molar-refractivity contribution < 1.29 is 18.3 Å². The van der Waals surface area contributed by atoms with Crippen molar-refractivity contribution in [3.8, 4) is 0 Å². The Balaban J connectivity index is 1.36. The van der Waals surface area contributed by atoms with Crippen LogP contribution >= 0.6 is 0 Å². The van der Waals surface area contributed by atoms with Gasteiger partial charge in [-0.3, -0.25) is 4.79 Å². The molecule has 25 heavy (non-hydrogen) atoms. The van der Waals surface area contributed by atoms with E-state index in [2.05, 4.69) is 5.32 Å². The van der Waals surface area contributed by atoms with E-state index < -0.39 is 11.6 Å². The summed E-state index contributed by atoms with van der Waals surface area (Å²) < 4.78 is 33.4. The van der Waals surface area contributed by atoms with Gasteiger partial charge in [0.1, 0.15) is 0 Å².